The number of carbonyl (C=O) groups excluding carboxylic acids is 1. The topological polar surface area (TPSA) is 63.1 Å². The number of amides is 1. The van der Waals surface area contributed by atoms with Crippen LogP contribution in [-0.4, -0.2) is 51.2 Å². The second-order valence-electron chi connectivity index (χ2n) is 8.02. The molecule has 142 valence electrons. The summed E-state index contributed by atoms with van der Waals surface area (Å²) in [6, 6.07) is 2.50. The third-order valence-corrected chi connectivity index (χ3v) is 5.36. The summed E-state index contributed by atoms with van der Waals surface area (Å²) in [5.74, 6) is 0.694. The Hall–Kier alpha value is -1.95. The summed E-state index contributed by atoms with van der Waals surface area (Å²) in [6.07, 6.45) is 4.35. The monoisotopic (exact) mass is 357 g/mol. The molecule has 6 nitrogen and oxygen atoms in total. The molecule has 1 fully saturated rings. The lowest BCUT2D eigenvalue weighted by molar-refractivity contribution is 0.0916. The largest absolute Gasteiger partial charge is 0.350 e. The lowest BCUT2D eigenvalue weighted by atomic mass is 9.99. The molecular weight excluding hydrogens is 326 g/mol. The molecule has 1 aliphatic heterocycles. The molecule has 0 radical (unpaired) electrons. The molecule has 3 heterocycles. The number of hydrogen-bond donors (Lipinski definition) is 1. The molecule has 1 saturated heterocycles. The Bertz CT molecular complexity index is 782. The van der Waals surface area contributed by atoms with Gasteiger partial charge in [-0.15, -0.1) is 0 Å². The Morgan fingerprint density at radius 2 is 2.15 bits per heavy atom. The Labute approximate surface area is 156 Å². The first kappa shape index (κ1) is 18.8. The van der Waals surface area contributed by atoms with Gasteiger partial charge >= 0.3 is 0 Å². The van der Waals surface area contributed by atoms with Crippen LogP contribution in [0.25, 0.3) is 11.0 Å². The van der Waals surface area contributed by atoms with Crippen LogP contribution >= 0.6 is 0 Å². The van der Waals surface area contributed by atoms with E-state index in [9.17, 15) is 4.79 Å². The molecule has 0 bridgehead atoms. The van der Waals surface area contributed by atoms with Crippen LogP contribution in [0.4, 0.5) is 0 Å². The van der Waals surface area contributed by atoms with Crippen molar-refractivity contribution in [1.82, 2.24) is 25.0 Å². The van der Waals surface area contributed by atoms with Crippen molar-refractivity contribution in [2.75, 3.05) is 19.6 Å². The van der Waals surface area contributed by atoms with E-state index in [0.29, 0.717) is 18.2 Å². The van der Waals surface area contributed by atoms with Crippen LogP contribution in [0.2, 0.25) is 0 Å². The number of pyridine rings is 1. The summed E-state index contributed by atoms with van der Waals surface area (Å²) < 4.78 is 1.89. The number of nitrogens with one attached hydrogen (secondary N) is 1. The van der Waals surface area contributed by atoms with Crippen LogP contribution in [-0.2, 0) is 0 Å². The van der Waals surface area contributed by atoms with Gasteiger partial charge in [0.1, 0.15) is 0 Å². The number of aryl methyl sites for hydroxylation is 1. The SMILES string of the molecule is Cc1nc2c(cnn2C(C)C)cc1C(=O)NC[C@H](C)N1CCC[C@@H](C)C1. The van der Waals surface area contributed by atoms with E-state index < -0.39 is 0 Å². The molecule has 26 heavy (non-hydrogen) atoms. The zero-order chi connectivity index (χ0) is 18.8. The molecule has 1 N–H and O–H groups in total. The molecule has 0 aliphatic carbocycles. The quantitative estimate of drug-likeness (QED) is 0.893. The summed E-state index contributed by atoms with van der Waals surface area (Å²) in [6.45, 7) is 13.5. The fourth-order valence-electron chi connectivity index (χ4n) is 3.76. The predicted molar refractivity (Wildman–Crippen MR) is 104 cm³/mol. The fraction of sp³-hybridized carbons (Fsp3) is 0.650. The first-order chi connectivity index (χ1) is 12.4. The lowest BCUT2D eigenvalue weighted by Crippen LogP contribution is -2.46. The number of aromatic nitrogens is 3. The molecule has 1 amide bonds. The molecule has 0 spiro atoms. The van der Waals surface area contributed by atoms with Crippen LogP contribution in [0.1, 0.15) is 62.6 Å². The minimum absolute atomic E-state index is 0.0499. The zero-order valence-electron chi connectivity index (χ0n) is 16.6. The van der Waals surface area contributed by atoms with Crippen molar-refractivity contribution in [3.63, 3.8) is 0 Å². The van der Waals surface area contributed by atoms with Crippen LogP contribution in [0.15, 0.2) is 12.3 Å². The van der Waals surface area contributed by atoms with E-state index in [1.165, 1.54) is 12.8 Å². The van der Waals surface area contributed by atoms with Crippen LogP contribution < -0.4 is 5.32 Å². The maximum atomic E-state index is 12.7. The molecule has 1 aliphatic rings. The van der Waals surface area contributed by atoms with E-state index in [4.69, 9.17) is 0 Å². The average molecular weight is 358 g/mol. The predicted octanol–water partition coefficient (Wildman–Crippen LogP) is 3.17. The normalized spacial score (nSPS) is 19.8. The molecule has 6 heteroatoms. The molecule has 3 rings (SSSR count). The van der Waals surface area contributed by atoms with Gasteiger partial charge in [-0.2, -0.15) is 5.10 Å². The third-order valence-electron chi connectivity index (χ3n) is 5.36. The number of piperidine rings is 1. The van der Waals surface area contributed by atoms with Gasteiger partial charge in [-0.1, -0.05) is 6.92 Å². The van der Waals surface area contributed by atoms with Crippen molar-refractivity contribution < 1.29 is 4.79 Å². The summed E-state index contributed by atoms with van der Waals surface area (Å²) >= 11 is 0. The first-order valence-electron chi connectivity index (χ1n) is 9.74. The van der Waals surface area contributed by atoms with Crippen LogP contribution in [0.3, 0.4) is 0 Å². The minimum atomic E-state index is -0.0499. The van der Waals surface area contributed by atoms with Crippen molar-refractivity contribution in [3.05, 3.63) is 23.5 Å². The minimum Gasteiger partial charge on any atom is -0.350 e. The highest BCUT2D eigenvalue weighted by Crippen LogP contribution is 2.20. The van der Waals surface area contributed by atoms with Crippen LogP contribution in [0.5, 0.6) is 0 Å². The molecule has 2 aromatic rings. The Morgan fingerprint density at radius 3 is 2.85 bits per heavy atom. The molecular formula is C20H31N5O. The van der Waals surface area contributed by atoms with E-state index >= 15 is 0 Å². The van der Waals surface area contributed by atoms with E-state index in [2.05, 4.69) is 48.0 Å². The highest BCUT2D eigenvalue weighted by molar-refractivity contribution is 5.98. The molecule has 0 saturated carbocycles. The highest BCUT2D eigenvalue weighted by Gasteiger charge is 2.22. The maximum Gasteiger partial charge on any atom is 0.253 e. The van der Waals surface area contributed by atoms with Gasteiger partial charge in [0.15, 0.2) is 5.65 Å². The van der Waals surface area contributed by atoms with Gasteiger partial charge in [-0.3, -0.25) is 9.69 Å². The molecule has 2 atom stereocenters. The third kappa shape index (κ3) is 3.90. The molecule has 0 aromatic carbocycles. The second kappa shape index (κ2) is 7.74. The standard InChI is InChI=1S/C20H31N5O/c1-13(2)25-19-17(11-22-25)9-18(16(5)23-19)20(26)21-10-15(4)24-8-6-7-14(3)12-24/h9,11,13-15H,6-8,10,12H2,1-5H3,(H,21,26)/t14-,15+/m1/s1. The van der Waals surface area contributed by atoms with Crippen LogP contribution in [0, 0.1) is 12.8 Å². The second-order valence-corrected chi connectivity index (χ2v) is 8.02. The highest BCUT2D eigenvalue weighted by atomic mass is 16.1. The summed E-state index contributed by atoms with van der Waals surface area (Å²) in [5, 5.41) is 8.40. The van der Waals surface area contributed by atoms with E-state index in [1.54, 1.807) is 6.20 Å². The zero-order valence-corrected chi connectivity index (χ0v) is 16.6. The Kier molecular flexibility index (Phi) is 5.61. The summed E-state index contributed by atoms with van der Waals surface area (Å²) in [5.41, 5.74) is 2.22. The number of likely N-dealkylation sites (tertiary alicyclic amines) is 1. The number of nitrogens with zero attached hydrogens (tertiary/aromatic N) is 4. The van der Waals surface area contributed by atoms with Gasteiger partial charge in [0, 0.05) is 30.6 Å². The number of fused-ring (bicyclic) bond motifs is 1. The smallest absolute Gasteiger partial charge is 0.253 e. The number of hydrogen-bond acceptors (Lipinski definition) is 4. The van der Waals surface area contributed by atoms with Crippen molar-refractivity contribution in [2.45, 2.75) is 59.5 Å². The average Bonchev–Trinajstić information content (AvgIpc) is 3.01. The Balaban J connectivity index is 1.68. The first-order valence-corrected chi connectivity index (χ1v) is 9.74. The fourth-order valence-corrected chi connectivity index (χ4v) is 3.76. The van der Waals surface area contributed by atoms with Gasteiger partial charge in [0.2, 0.25) is 0 Å². The van der Waals surface area contributed by atoms with Gasteiger partial charge in [-0.05, 0) is 59.1 Å². The van der Waals surface area contributed by atoms with E-state index in [0.717, 1.165) is 35.7 Å². The van der Waals surface area contributed by atoms with Crippen molar-refractivity contribution in [1.29, 1.82) is 0 Å². The van der Waals surface area contributed by atoms with Gasteiger partial charge in [0.25, 0.3) is 5.91 Å². The van der Waals surface area contributed by atoms with Crippen molar-refractivity contribution >= 4 is 16.9 Å². The van der Waals surface area contributed by atoms with Crippen molar-refractivity contribution in [3.8, 4) is 0 Å². The summed E-state index contributed by atoms with van der Waals surface area (Å²) in [7, 11) is 0. The van der Waals surface area contributed by atoms with Crippen molar-refractivity contribution in [2.24, 2.45) is 5.92 Å². The van der Waals surface area contributed by atoms with Gasteiger partial charge in [0.05, 0.1) is 17.5 Å². The number of carbonyl (C=O) groups is 1. The van der Waals surface area contributed by atoms with Gasteiger partial charge < -0.3 is 5.32 Å². The lowest BCUT2D eigenvalue weighted by Gasteiger charge is -2.35. The maximum absolute atomic E-state index is 12.7. The van der Waals surface area contributed by atoms with E-state index in [-0.39, 0.29) is 11.9 Å². The molecule has 0 unspecified atom stereocenters. The van der Waals surface area contributed by atoms with E-state index in [1.807, 2.05) is 17.7 Å². The summed E-state index contributed by atoms with van der Waals surface area (Å²) in [4.78, 5) is 19.8. The number of rotatable bonds is 5. The molecule has 2 aromatic heterocycles. The Morgan fingerprint density at radius 1 is 1.38 bits per heavy atom. The van der Waals surface area contributed by atoms with Gasteiger partial charge in [-0.25, -0.2) is 9.67 Å².